The van der Waals surface area contributed by atoms with Crippen LogP contribution in [0.25, 0.3) is 0 Å². The third-order valence-corrected chi connectivity index (χ3v) is 2.63. The van der Waals surface area contributed by atoms with Crippen molar-refractivity contribution in [2.45, 2.75) is 20.0 Å². The van der Waals surface area contributed by atoms with Crippen LogP contribution in [-0.2, 0) is 0 Å². The quantitative estimate of drug-likeness (QED) is 0.615. The third kappa shape index (κ3) is 3.18. The second-order valence-corrected chi connectivity index (χ2v) is 3.92. The number of Topliss-reactive ketones (excluding diaryl/α,β-unsaturated/α-hetero) is 1. The van der Waals surface area contributed by atoms with Crippen molar-refractivity contribution in [1.82, 2.24) is 0 Å². The van der Waals surface area contributed by atoms with Gasteiger partial charge in [-0.05, 0) is 19.1 Å². The van der Waals surface area contributed by atoms with Crippen LogP contribution in [0.1, 0.15) is 29.3 Å². The molecule has 0 fully saturated rings. The highest BCUT2D eigenvalue weighted by atomic mass is 79.9. The first-order valence-corrected chi connectivity index (χ1v) is 5.20. The van der Waals surface area contributed by atoms with E-state index >= 15 is 0 Å². The van der Waals surface area contributed by atoms with Crippen LogP contribution in [-0.4, -0.2) is 12.4 Å². The highest BCUT2D eigenvalue weighted by molar-refractivity contribution is 9.10. The van der Waals surface area contributed by atoms with Crippen molar-refractivity contribution in [2.75, 3.05) is 0 Å². The Morgan fingerprint density at radius 2 is 1.88 bits per heavy atom. The van der Waals surface area contributed by atoms with Gasteiger partial charge in [0.25, 0.3) is 6.43 Å². The molecule has 1 aromatic carbocycles. The van der Waals surface area contributed by atoms with Crippen molar-refractivity contribution < 1.29 is 27.1 Å². The summed E-state index contributed by atoms with van der Waals surface area (Å²) in [6.07, 6.45) is -2.97. The molecule has 1 rings (SSSR count). The summed E-state index contributed by atoms with van der Waals surface area (Å²) < 4.78 is 53.6. The van der Waals surface area contributed by atoms with Gasteiger partial charge in [0.1, 0.15) is 5.75 Å². The van der Waals surface area contributed by atoms with Crippen molar-refractivity contribution in [3.05, 3.63) is 27.7 Å². The molecule has 0 unspecified atom stereocenters. The van der Waals surface area contributed by atoms with E-state index in [0.717, 1.165) is 19.1 Å². The molecule has 0 aromatic heterocycles. The van der Waals surface area contributed by atoms with Gasteiger partial charge in [-0.25, -0.2) is 8.78 Å². The van der Waals surface area contributed by atoms with E-state index in [9.17, 15) is 22.4 Å². The number of halogens is 5. The molecule has 0 amide bonds. The molecule has 0 radical (unpaired) electrons. The Morgan fingerprint density at radius 1 is 1.29 bits per heavy atom. The fourth-order valence-corrected chi connectivity index (χ4v) is 1.85. The maximum atomic E-state index is 12.7. The van der Waals surface area contributed by atoms with Crippen LogP contribution in [0.4, 0.5) is 17.6 Å². The van der Waals surface area contributed by atoms with E-state index in [4.69, 9.17) is 0 Å². The van der Waals surface area contributed by atoms with Crippen LogP contribution in [0.2, 0.25) is 0 Å². The predicted molar refractivity (Wildman–Crippen MR) is 55.7 cm³/mol. The van der Waals surface area contributed by atoms with Crippen LogP contribution in [0.3, 0.4) is 0 Å². The van der Waals surface area contributed by atoms with Crippen molar-refractivity contribution >= 4 is 21.7 Å². The van der Waals surface area contributed by atoms with Crippen LogP contribution in [0, 0.1) is 0 Å². The summed E-state index contributed by atoms with van der Waals surface area (Å²) in [5.41, 5.74) is -1.18. The SMILES string of the molecule is CC(=O)c1c(OC(F)F)ccc(Br)c1C(F)F. The molecule has 2 nitrogen and oxygen atoms in total. The number of ether oxygens (including phenoxy) is 1. The van der Waals surface area contributed by atoms with Gasteiger partial charge < -0.3 is 4.74 Å². The average Bonchev–Trinajstić information content (AvgIpc) is 2.18. The molecular formula is C10H7BrF4O2. The molecule has 0 aliphatic carbocycles. The van der Waals surface area contributed by atoms with Crippen molar-refractivity contribution in [1.29, 1.82) is 0 Å². The molecule has 0 atom stereocenters. The molecule has 0 bridgehead atoms. The summed E-state index contributed by atoms with van der Waals surface area (Å²) in [5.74, 6) is -1.32. The standard InChI is InChI=1S/C10H7BrF4O2/c1-4(16)7-6(17-10(14)15)3-2-5(11)8(7)9(12)13/h2-3,9-10H,1H3. The van der Waals surface area contributed by atoms with Crippen LogP contribution in [0.15, 0.2) is 16.6 Å². The summed E-state index contributed by atoms with van der Waals surface area (Å²) in [4.78, 5) is 11.2. The van der Waals surface area contributed by atoms with Crippen LogP contribution < -0.4 is 4.74 Å². The molecular weight excluding hydrogens is 308 g/mol. The summed E-state index contributed by atoms with van der Waals surface area (Å²) in [7, 11) is 0. The average molecular weight is 315 g/mol. The molecule has 1 aromatic rings. The molecule has 0 aliphatic heterocycles. The van der Waals surface area contributed by atoms with Gasteiger partial charge >= 0.3 is 6.61 Å². The molecule has 0 heterocycles. The zero-order valence-electron chi connectivity index (χ0n) is 8.52. The third-order valence-electron chi connectivity index (χ3n) is 1.94. The molecule has 0 N–H and O–H groups in total. The normalized spacial score (nSPS) is 11.1. The van der Waals surface area contributed by atoms with Gasteiger partial charge in [0.05, 0.1) is 5.56 Å². The Labute approximate surface area is 103 Å². The van der Waals surface area contributed by atoms with E-state index in [0.29, 0.717) is 0 Å². The zero-order chi connectivity index (χ0) is 13.2. The van der Waals surface area contributed by atoms with Crippen LogP contribution >= 0.6 is 15.9 Å². The minimum Gasteiger partial charge on any atom is -0.434 e. The smallest absolute Gasteiger partial charge is 0.387 e. The number of ketones is 1. The minimum atomic E-state index is -3.18. The summed E-state index contributed by atoms with van der Waals surface area (Å²) >= 11 is 2.84. The largest absolute Gasteiger partial charge is 0.434 e. The molecule has 94 valence electrons. The first-order chi connectivity index (χ1) is 7.84. The fourth-order valence-electron chi connectivity index (χ4n) is 1.34. The second-order valence-electron chi connectivity index (χ2n) is 3.07. The Kier molecular flexibility index (Phi) is 4.50. The number of rotatable bonds is 4. The summed E-state index contributed by atoms with van der Waals surface area (Å²) in [6.45, 7) is -2.17. The van der Waals surface area contributed by atoms with E-state index < -0.39 is 35.7 Å². The lowest BCUT2D eigenvalue weighted by molar-refractivity contribution is -0.0503. The van der Waals surface area contributed by atoms with Crippen LogP contribution in [0.5, 0.6) is 5.75 Å². The number of hydrogen-bond acceptors (Lipinski definition) is 2. The van der Waals surface area contributed by atoms with Crippen molar-refractivity contribution in [2.24, 2.45) is 0 Å². The topological polar surface area (TPSA) is 26.3 Å². The molecule has 7 heteroatoms. The molecule has 0 saturated carbocycles. The number of alkyl halides is 4. The monoisotopic (exact) mass is 314 g/mol. The number of carbonyl (C=O) groups excluding carboxylic acids is 1. The first-order valence-electron chi connectivity index (χ1n) is 4.41. The Morgan fingerprint density at radius 3 is 2.29 bits per heavy atom. The lowest BCUT2D eigenvalue weighted by Crippen LogP contribution is -2.09. The number of benzene rings is 1. The van der Waals surface area contributed by atoms with E-state index in [1.54, 1.807) is 0 Å². The Hall–Kier alpha value is -1.11. The van der Waals surface area contributed by atoms with Gasteiger partial charge in [-0.15, -0.1) is 0 Å². The second kappa shape index (κ2) is 5.48. The van der Waals surface area contributed by atoms with Gasteiger partial charge in [-0.3, -0.25) is 4.79 Å². The lowest BCUT2D eigenvalue weighted by atomic mass is 10.0. The number of hydrogen-bond donors (Lipinski definition) is 0. The lowest BCUT2D eigenvalue weighted by Gasteiger charge is -2.14. The van der Waals surface area contributed by atoms with E-state index in [-0.39, 0.29) is 4.47 Å². The fraction of sp³-hybridized carbons (Fsp3) is 0.300. The van der Waals surface area contributed by atoms with Crippen molar-refractivity contribution in [3.63, 3.8) is 0 Å². The first kappa shape index (κ1) is 14.0. The maximum absolute atomic E-state index is 12.7. The van der Waals surface area contributed by atoms with Gasteiger partial charge in [0, 0.05) is 10.0 Å². The highest BCUT2D eigenvalue weighted by Crippen LogP contribution is 2.36. The maximum Gasteiger partial charge on any atom is 0.387 e. The van der Waals surface area contributed by atoms with Gasteiger partial charge in [0.15, 0.2) is 5.78 Å². The van der Waals surface area contributed by atoms with Gasteiger partial charge in [-0.2, -0.15) is 8.78 Å². The van der Waals surface area contributed by atoms with E-state index in [1.165, 1.54) is 0 Å². The molecule has 17 heavy (non-hydrogen) atoms. The molecule has 0 spiro atoms. The highest BCUT2D eigenvalue weighted by Gasteiger charge is 2.24. The number of carbonyl (C=O) groups is 1. The van der Waals surface area contributed by atoms with Gasteiger partial charge in [0.2, 0.25) is 0 Å². The van der Waals surface area contributed by atoms with Crippen molar-refractivity contribution in [3.8, 4) is 5.75 Å². The summed E-state index contributed by atoms with van der Waals surface area (Å²) in [5, 5.41) is 0. The zero-order valence-corrected chi connectivity index (χ0v) is 10.1. The summed E-state index contributed by atoms with van der Waals surface area (Å²) in [6, 6.07) is 2.17. The minimum absolute atomic E-state index is 0.0284. The Balaban J connectivity index is 3.42. The molecule has 0 aliphatic rings. The van der Waals surface area contributed by atoms with E-state index in [2.05, 4.69) is 20.7 Å². The van der Waals surface area contributed by atoms with Gasteiger partial charge in [-0.1, -0.05) is 15.9 Å². The Bertz CT molecular complexity index is 435. The van der Waals surface area contributed by atoms with E-state index in [1.807, 2.05) is 0 Å². The predicted octanol–water partition coefficient (Wildman–Crippen LogP) is 4.19. The molecule has 0 saturated heterocycles.